The number of imidazole rings is 1. The average molecular weight is 344 g/mol. The number of rotatable bonds is 6. The van der Waals surface area contributed by atoms with Gasteiger partial charge in [0, 0.05) is 12.1 Å². The maximum Gasteiger partial charge on any atom is 0.336 e. The van der Waals surface area contributed by atoms with E-state index in [9.17, 15) is 0 Å². The maximum atomic E-state index is 6.08. The molecule has 0 amide bonds. The molecule has 136 valence electrons. The van der Waals surface area contributed by atoms with Crippen LogP contribution in [0.15, 0.2) is 6.20 Å². The van der Waals surface area contributed by atoms with Crippen LogP contribution >= 0.6 is 0 Å². The molecule has 0 aliphatic carbocycles. The largest absolute Gasteiger partial charge is 0.459 e. The number of hydrogen-bond donors (Lipinski definition) is 2. The van der Waals surface area contributed by atoms with Crippen LogP contribution in [-0.2, 0) is 6.42 Å². The van der Waals surface area contributed by atoms with Crippen molar-refractivity contribution in [2.45, 2.75) is 77.0 Å². The molecule has 0 radical (unpaired) electrons. The summed E-state index contributed by atoms with van der Waals surface area (Å²) in [5.74, 6) is 1.06. The molecule has 7 nitrogen and oxygen atoms in total. The zero-order valence-electron chi connectivity index (χ0n) is 15.1. The predicted octanol–water partition coefficient (Wildman–Crippen LogP) is 2.35. The smallest absolute Gasteiger partial charge is 0.336 e. The molecule has 25 heavy (non-hydrogen) atoms. The Morgan fingerprint density at radius 3 is 2.84 bits per heavy atom. The molecule has 2 unspecified atom stereocenters. The van der Waals surface area contributed by atoms with Gasteiger partial charge in [-0.05, 0) is 51.4 Å². The third kappa shape index (κ3) is 3.42. The van der Waals surface area contributed by atoms with Crippen LogP contribution < -0.4 is 15.8 Å². The van der Waals surface area contributed by atoms with Crippen LogP contribution in [0, 0.1) is 5.92 Å². The van der Waals surface area contributed by atoms with E-state index in [1.165, 1.54) is 25.7 Å². The Morgan fingerprint density at radius 1 is 1.36 bits per heavy atom. The summed E-state index contributed by atoms with van der Waals surface area (Å²) in [5, 5.41) is 8.26. The highest BCUT2D eigenvalue weighted by atomic mass is 16.5. The van der Waals surface area contributed by atoms with Gasteiger partial charge in [-0.1, -0.05) is 13.3 Å². The van der Waals surface area contributed by atoms with Gasteiger partial charge in [0.1, 0.15) is 0 Å². The van der Waals surface area contributed by atoms with Crippen molar-refractivity contribution in [3.8, 4) is 6.01 Å². The minimum absolute atomic E-state index is 0.0777. The molecule has 2 aliphatic heterocycles. The number of anilines is 1. The summed E-state index contributed by atoms with van der Waals surface area (Å²) < 4.78 is 7.67. The van der Waals surface area contributed by atoms with Crippen molar-refractivity contribution >= 4 is 11.5 Å². The van der Waals surface area contributed by atoms with Gasteiger partial charge in [-0.2, -0.15) is 4.98 Å². The lowest BCUT2D eigenvalue weighted by molar-refractivity contribution is 0.189. The fourth-order valence-electron chi connectivity index (χ4n) is 4.40. The number of fused-ring (bicyclic) bond motifs is 3. The molecular weight excluding hydrogens is 316 g/mol. The molecule has 3 N–H and O–H groups in total. The maximum absolute atomic E-state index is 6.08. The monoisotopic (exact) mass is 344 g/mol. The first-order valence-electron chi connectivity index (χ1n) is 9.55. The van der Waals surface area contributed by atoms with Crippen molar-refractivity contribution < 1.29 is 4.74 Å². The Kier molecular flexibility index (Phi) is 4.50. The normalized spacial score (nSPS) is 26.9. The van der Waals surface area contributed by atoms with Crippen molar-refractivity contribution in [2.75, 3.05) is 5.73 Å². The van der Waals surface area contributed by atoms with Crippen molar-refractivity contribution in [3.63, 3.8) is 0 Å². The highest BCUT2D eigenvalue weighted by Crippen LogP contribution is 2.33. The summed E-state index contributed by atoms with van der Waals surface area (Å²) in [6, 6.07) is 1.73. The highest BCUT2D eigenvalue weighted by Gasteiger charge is 2.33. The third-order valence-electron chi connectivity index (χ3n) is 5.51. The highest BCUT2D eigenvalue weighted by molar-refractivity contribution is 5.59. The van der Waals surface area contributed by atoms with Gasteiger partial charge >= 0.3 is 6.01 Å². The van der Waals surface area contributed by atoms with Crippen LogP contribution in [0.2, 0.25) is 0 Å². The molecule has 2 bridgehead atoms. The minimum atomic E-state index is 0.0777. The predicted molar refractivity (Wildman–Crippen MR) is 96.6 cm³/mol. The number of hydrogen-bond acceptors (Lipinski definition) is 6. The first kappa shape index (κ1) is 16.6. The van der Waals surface area contributed by atoms with Crippen LogP contribution in [-0.4, -0.2) is 37.8 Å². The van der Waals surface area contributed by atoms with Gasteiger partial charge in [0.2, 0.25) is 0 Å². The molecule has 2 aliphatic rings. The van der Waals surface area contributed by atoms with Crippen molar-refractivity contribution in [1.29, 1.82) is 0 Å². The van der Waals surface area contributed by atoms with Gasteiger partial charge in [-0.15, -0.1) is 5.10 Å². The number of ether oxygens (including phenoxy) is 1. The lowest BCUT2D eigenvalue weighted by Crippen LogP contribution is -2.38. The van der Waals surface area contributed by atoms with Gasteiger partial charge < -0.3 is 15.8 Å². The quantitative estimate of drug-likeness (QED) is 0.836. The van der Waals surface area contributed by atoms with E-state index in [1.807, 2.05) is 17.6 Å². The minimum Gasteiger partial charge on any atom is -0.459 e. The number of aromatic nitrogens is 4. The molecular formula is C18H28N6O. The van der Waals surface area contributed by atoms with E-state index in [4.69, 9.17) is 10.5 Å². The van der Waals surface area contributed by atoms with Crippen LogP contribution in [0.3, 0.4) is 0 Å². The lowest BCUT2D eigenvalue weighted by atomic mass is 9.89. The Balaban J connectivity index is 1.55. The van der Waals surface area contributed by atoms with E-state index in [0.717, 1.165) is 25.0 Å². The second-order valence-corrected chi connectivity index (χ2v) is 7.66. The second kappa shape index (κ2) is 6.78. The molecule has 4 rings (SSSR count). The summed E-state index contributed by atoms with van der Waals surface area (Å²) in [6.45, 7) is 4.17. The van der Waals surface area contributed by atoms with Crippen molar-refractivity contribution in [1.82, 2.24) is 24.9 Å². The van der Waals surface area contributed by atoms with Crippen molar-refractivity contribution in [2.24, 2.45) is 5.92 Å². The summed E-state index contributed by atoms with van der Waals surface area (Å²) in [4.78, 5) is 8.70. The first-order chi connectivity index (χ1) is 12.1. The summed E-state index contributed by atoms with van der Waals surface area (Å²) in [6.07, 6.45) is 10.1. The molecule has 2 aromatic rings. The van der Waals surface area contributed by atoms with Crippen LogP contribution in [0.25, 0.3) is 5.65 Å². The molecule has 0 aromatic carbocycles. The summed E-state index contributed by atoms with van der Waals surface area (Å²) >= 11 is 0. The van der Waals surface area contributed by atoms with E-state index >= 15 is 0 Å². The van der Waals surface area contributed by atoms with Gasteiger partial charge in [-0.25, -0.2) is 9.50 Å². The molecule has 2 fully saturated rings. The third-order valence-corrected chi connectivity index (χ3v) is 5.51. The standard InChI is InChI=1S/C18H28N6O/c1-3-4-11(2)25-18-22-16(19)17-20-10-15(24(17)23-18)9-12-7-13-5-6-14(8-12)21-13/h10-14,21H,3-9H2,1-2H3,(H2,19,22,23)/t11-,12?,13?,14?/m0/s1. The van der Waals surface area contributed by atoms with Crippen LogP contribution in [0.4, 0.5) is 5.82 Å². The Bertz CT molecular complexity index is 732. The fraction of sp³-hybridized carbons (Fsp3) is 0.722. The Labute approximate surface area is 148 Å². The van der Waals surface area contributed by atoms with Gasteiger partial charge in [0.25, 0.3) is 0 Å². The van der Waals surface area contributed by atoms with Crippen LogP contribution in [0.1, 0.15) is 58.1 Å². The number of nitrogens with two attached hydrogens (primary N) is 1. The van der Waals surface area contributed by atoms with Crippen molar-refractivity contribution in [3.05, 3.63) is 11.9 Å². The van der Waals surface area contributed by atoms with Gasteiger partial charge in [0.05, 0.1) is 18.0 Å². The summed E-state index contributed by atoms with van der Waals surface area (Å²) in [5.41, 5.74) is 7.81. The van der Waals surface area contributed by atoms with E-state index in [2.05, 4.69) is 27.3 Å². The molecule has 4 heterocycles. The number of nitrogen functional groups attached to an aromatic ring is 1. The zero-order chi connectivity index (χ0) is 17.4. The van der Waals surface area contributed by atoms with E-state index in [1.54, 1.807) is 0 Å². The molecule has 2 aromatic heterocycles. The molecule has 0 saturated carbocycles. The summed E-state index contributed by atoms with van der Waals surface area (Å²) in [7, 11) is 0. The topological polar surface area (TPSA) is 90.4 Å². The lowest BCUT2D eigenvalue weighted by Gasteiger charge is -2.28. The zero-order valence-corrected chi connectivity index (χ0v) is 15.1. The first-order valence-corrected chi connectivity index (χ1v) is 9.55. The molecule has 0 spiro atoms. The number of piperidine rings is 1. The number of nitrogens with zero attached hydrogens (tertiary/aromatic N) is 4. The van der Waals surface area contributed by atoms with Crippen LogP contribution in [0.5, 0.6) is 6.01 Å². The fourth-order valence-corrected chi connectivity index (χ4v) is 4.40. The average Bonchev–Trinajstić information content (AvgIpc) is 3.11. The SMILES string of the molecule is CCC[C@H](C)Oc1nc(N)c2ncc(CC3CC4CCC(C3)N4)n2n1. The Morgan fingerprint density at radius 2 is 2.12 bits per heavy atom. The van der Waals surface area contributed by atoms with E-state index in [0.29, 0.717) is 35.5 Å². The number of nitrogens with one attached hydrogen (secondary N) is 1. The van der Waals surface area contributed by atoms with E-state index in [-0.39, 0.29) is 6.10 Å². The Hall–Kier alpha value is -1.89. The van der Waals surface area contributed by atoms with Gasteiger partial charge in [-0.3, -0.25) is 0 Å². The van der Waals surface area contributed by atoms with Gasteiger partial charge in [0.15, 0.2) is 11.5 Å². The molecule has 3 atom stereocenters. The molecule has 2 saturated heterocycles. The van der Waals surface area contributed by atoms with E-state index < -0.39 is 0 Å². The molecule has 7 heteroatoms. The second-order valence-electron chi connectivity index (χ2n) is 7.66.